The lowest BCUT2D eigenvalue weighted by molar-refractivity contribution is -0.119. The minimum absolute atomic E-state index is 0.0688. The Morgan fingerprint density at radius 3 is 2.72 bits per heavy atom. The lowest BCUT2D eigenvalue weighted by Gasteiger charge is -2.21. The van der Waals surface area contributed by atoms with Gasteiger partial charge < -0.3 is 10.2 Å². The Morgan fingerprint density at radius 2 is 2.00 bits per heavy atom. The summed E-state index contributed by atoms with van der Waals surface area (Å²) < 4.78 is 0. The second-order valence-electron chi connectivity index (χ2n) is 7.20. The van der Waals surface area contributed by atoms with Crippen LogP contribution in [0.5, 0.6) is 0 Å². The largest absolute Gasteiger partial charge is 0.343 e. The van der Waals surface area contributed by atoms with Gasteiger partial charge in [0.2, 0.25) is 5.91 Å². The maximum absolute atomic E-state index is 13.0. The van der Waals surface area contributed by atoms with Crippen LogP contribution in [0, 0.1) is 5.92 Å². The Labute approximate surface area is 173 Å². The predicted molar refractivity (Wildman–Crippen MR) is 114 cm³/mol. The molecule has 1 aliphatic rings. The molecular weight excluding hydrogens is 384 g/mol. The third kappa shape index (κ3) is 4.19. The van der Waals surface area contributed by atoms with Crippen molar-refractivity contribution in [2.45, 2.75) is 25.8 Å². The fraction of sp³-hybridized carbons (Fsp3) is 0.273. The standard InChI is InChI=1S/C22H22N4O2S/c1-14(21-25-18(13-29-21)16-6-5-11-23-12-16)24-20(27)17-7-3-4-8-19(17)26(2)22(28)15-9-10-15/h3-8,11-15H,9-10H2,1-2H3,(H,24,27). The zero-order chi connectivity index (χ0) is 20.4. The van der Waals surface area contributed by atoms with Crippen LogP contribution >= 0.6 is 11.3 Å². The first kappa shape index (κ1) is 19.3. The first-order chi connectivity index (χ1) is 14.0. The molecule has 6 nitrogen and oxygen atoms in total. The number of benzene rings is 1. The number of nitrogens with zero attached hydrogens (tertiary/aromatic N) is 3. The normalized spacial score (nSPS) is 14.3. The van der Waals surface area contributed by atoms with E-state index >= 15 is 0 Å². The van der Waals surface area contributed by atoms with E-state index in [2.05, 4.69) is 15.3 Å². The second-order valence-corrected chi connectivity index (χ2v) is 8.09. The number of pyridine rings is 1. The van der Waals surface area contributed by atoms with E-state index in [1.807, 2.05) is 42.6 Å². The van der Waals surface area contributed by atoms with Gasteiger partial charge in [-0.1, -0.05) is 12.1 Å². The molecule has 0 spiro atoms. The van der Waals surface area contributed by atoms with Gasteiger partial charge in [0, 0.05) is 36.3 Å². The van der Waals surface area contributed by atoms with Gasteiger partial charge in [-0.3, -0.25) is 14.6 Å². The first-order valence-electron chi connectivity index (χ1n) is 9.58. The molecule has 4 rings (SSSR count). The number of carbonyl (C=O) groups excluding carboxylic acids is 2. The SMILES string of the molecule is CC(NC(=O)c1ccccc1N(C)C(=O)C1CC1)c1nc(-c2cccnc2)cs1. The number of nitrogens with one attached hydrogen (secondary N) is 1. The molecule has 2 aromatic heterocycles. The molecule has 1 aromatic carbocycles. The van der Waals surface area contributed by atoms with Gasteiger partial charge in [-0.05, 0) is 44.0 Å². The molecule has 0 radical (unpaired) electrons. The summed E-state index contributed by atoms with van der Waals surface area (Å²) in [5.74, 6) is -0.0581. The quantitative estimate of drug-likeness (QED) is 0.670. The number of hydrogen-bond acceptors (Lipinski definition) is 5. The predicted octanol–water partition coefficient (Wildman–Crippen LogP) is 4.07. The number of thiazole rings is 1. The minimum atomic E-state index is -0.254. The molecule has 1 atom stereocenters. The summed E-state index contributed by atoms with van der Waals surface area (Å²) in [4.78, 5) is 35.8. The van der Waals surface area contributed by atoms with Crippen molar-refractivity contribution in [3.05, 3.63) is 64.7 Å². The molecule has 2 heterocycles. The number of aromatic nitrogens is 2. The number of para-hydroxylation sites is 1. The Hall–Kier alpha value is -3.06. The number of hydrogen-bond donors (Lipinski definition) is 1. The monoisotopic (exact) mass is 406 g/mol. The van der Waals surface area contributed by atoms with E-state index in [-0.39, 0.29) is 23.8 Å². The highest BCUT2D eigenvalue weighted by Gasteiger charge is 2.33. The first-order valence-corrected chi connectivity index (χ1v) is 10.5. The van der Waals surface area contributed by atoms with Crippen molar-refractivity contribution < 1.29 is 9.59 Å². The smallest absolute Gasteiger partial charge is 0.253 e. The molecule has 2 amide bonds. The van der Waals surface area contributed by atoms with Gasteiger partial charge in [0.1, 0.15) is 5.01 Å². The van der Waals surface area contributed by atoms with E-state index in [9.17, 15) is 9.59 Å². The molecule has 7 heteroatoms. The average molecular weight is 407 g/mol. The highest BCUT2D eigenvalue weighted by molar-refractivity contribution is 7.10. The summed E-state index contributed by atoms with van der Waals surface area (Å²) in [7, 11) is 1.73. The van der Waals surface area contributed by atoms with E-state index in [1.54, 1.807) is 30.4 Å². The van der Waals surface area contributed by atoms with Crippen molar-refractivity contribution >= 4 is 28.8 Å². The zero-order valence-corrected chi connectivity index (χ0v) is 17.1. The average Bonchev–Trinajstić information content (AvgIpc) is 3.49. The molecule has 1 fully saturated rings. The van der Waals surface area contributed by atoms with Crippen LogP contribution in [-0.4, -0.2) is 28.8 Å². The minimum Gasteiger partial charge on any atom is -0.343 e. The highest BCUT2D eigenvalue weighted by Crippen LogP contribution is 2.33. The zero-order valence-electron chi connectivity index (χ0n) is 16.3. The lowest BCUT2D eigenvalue weighted by Crippen LogP contribution is -2.32. The summed E-state index contributed by atoms with van der Waals surface area (Å²) in [5, 5.41) is 5.79. The van der Waals surface area contributed by atoms with Crippen molar-refractivity contribution in [3.8, 4) is 11.3 Å². The maximum Gasteiger partial charge on any atom is 0.253 e. The third-order valence-corrected chi connectivity index (χ3v) is 5.99. The molecule has 1 aliphatic carbocycles. The Morgan fingerprint density at radius 1 is 1.21 bits per heavy atom. The van der Waals surface area contributed by atoms with Gasteiger partial charge in [-0.2, -0.15) is 0 Å². The van der Waals surface area contributed by atoms with E-state index in [1.165, 1.54) is 11.3 Å². The van der Waals surface area contributed by atoms with Crippen molar-refractivity contribution in [2.75, 3.05) is 11.9 Å². The summed E-state index contributed by atoms with van der Waals surface area (Å²) >= 11 is 1.50. The fourth-order valence-electron chi connectivity index (χ4n) is 3.15. The van der Waals surface area contributed by atoms with Crippen LogP contribution < -0.4 is 10.2 Å². The lowest BCUT2D eigenvalue weighted by atomic mass is 10.1. The molecule has 1 saturated carbocycles. The number of rotatable bonds is 6. The van der Waals surface area contributed by atoms with Crippen LogP contribution in [-0.2, 0) is 4.79 Å². The van der Waals surface area contributed by atoms with Crippen LogP contribution in [0.1, 0.15) is 41.2 Å². The molecule has 1 N–H and O–H groups in total. The van der Waals surface area contributed by atoms with Crippen LogP contribution in [0.2, 0.25) is 0 Å². The molecule has 0 aliphatic heterocycles. The summed E-state index contributed by atoms with van der Waals surface area (Å²) in [6.45, 7) is 1.91. The Balaban J connectivity index is 1.50. The fourth-order valence-corrected chi connectivity index (χ4v) is 3.99. The molecular formula is C22H22N4O2S. The molecule has 148 valence electrons. The van der Waals surface area contributed by atoms with Gasteiger partial charge >= 0.3 is 0 Å². The van der Waals surface area contributed by atoms with Gasteiger partial charge in [-0.15, -0.1) is 11.3 Å². The topological polar surface area (TPSA) is 75.2 Å². The summed E-state index contributed by atoms with van der Waals surface area (Å²) in [6.07, 6.45) is 5.35. The summed E-state index contributed by atoms with van der Waals surface area (Å²) in [5.41, 5.74) is 2.90. The number of anilines is 1. The van der Waals surface area contributed by atoms with E-state index < -0.39 is 0 Å². The molecule has 1 unspecified atom stereocenters. The van der Waals surface area contributed by atoms with Crippen molar-refractivity contribution in [1.29, 1.82) is 0 Å². The molecule has 0 bridgehead atoms. The van der Waals surface area contributed by atoms with Crippen molar-refractivity contribution in [3.63, 3.8) is 0 Å². The third-order valence-electron chi connectivity index (χ3n) is 4.96. The number of amides is 2. The number of carbonyl (C=O) groups is 2. The van der Waals surface area contributed by atoms with Gasteiger partial charge in [0.15, 0.2) is 0 Å². The van der Waals surface area contributed by atoms with Gasteiger partial charge in [-0.25, -0.2) is 4.98 Å². The second kappa shape index (κ2) is 8.13. The van der Waals surface area contributed by atoms with Crippen LogP contribution in [0.4, 0.5) is 5.69 Å². The summed E-state index contributed by atoms with van der Waals surface area (Å²) in [6, 6.07) is 10.8. The van der Waals surface area contributed by atoms with E-state index in [4.69, 9.17) is 0 Å². The van der Waals surface area contributed by atoms with Gasteiger partial charge in [0.05, 0.1) is 23.0 Å². The highest BCUT2D eigenvalue weighted by atomic mass is 32.1. The van der Waals surface area contributed by atoms with E-state index in [0.717, 1.165) is 29.1 Å². The van der Waals surface area contributed by atoms with Crippen molar-refractivity contribution in [1.82, 2.24) is 15.3 Å². The Kier molecular flexibility index (Phi) is 5.40. The van der Waals surface area contributed by atoms with Crippen molar-refractivity contribution in [2.24, 2.45) is 5.92 Å². The van der Waals surface area contributed by atoms with E-state index in [0.29, 0.717) is 11.3 Å². The maximum atomic E-state index is 13.0. The van der Waals surface area contributed by atoms with Gasteiger partial charge in [0.25, 0.3) is 5.91 Å². The molecule has 0 saturated heterocycles. The van der Waals surface area contributed by atoms with Crippen LogP contribution in [0.3, 0.4) is 0 Å². The van der Waals surface area contributed by atoms with Crippen LogP contribution in [0.25, 0.3) is 11.3 Å². The Bertz CT molecular complexity index is 1030. The van der Waals surface area contributed by atoms with Crippen LogP contribution in [0.15, 0.2) is 54.2 Å². The molecule has 29 heavy (non-hydrogen) atoms. The molecule has 3 aromatic rings.